The Kier molecular flexibility index (Phi) is 10.2. The van der Waals surface area contributed by atoms with Crippen molar-refractivity contribution in [1.29, 1.82) is 0 Å². The van der Waals surface area contributed by atoms with Crippen molar-refractivity contribution in [2.45, 2.75) is 18.9 Å². The lowest BCUT2D eigenvalue weighted by atomic mass is 10.1. The normalized spacial score (nSPS) is 16.4. The molecule has 1 aliphatic heterocycles. The number of amides is 1. The molecule has 226 valence electrons. The molecule has 42 heavy (non-hydrogen) atoms. The van der Waals surface area contributed by atoms with E-state index in [4.69, 9.17) is 29.9 Å². The first-order valence-corrected chi connectivity index (χ1v) is 16.7. The van der Waals surface area contributed by atoms with Crippen LogP contribution >= 0.6 is 10.0 Å². The van der Waals surface area contributed by atoms with E-state index >= 15 is 0 Å². The minimum atomic E-state index is -0.680. The predicted octanol–water partition coefficient (Wildman–Crippen LogP) is 3.84. The second-order valence-corrected chi connectivity index (χ2v) is 15.4. The zero-order valence-corrected chi connectivity index (χ0v) is 26.1. The van der Waals surface area contributed by atoms with Crippen molar-refractivity contribution in [1.82, 2.24) is 19.9 Å². The Labute approximate surface area is 249 Å². The number of benzene rings is 1. The van der Waals surface area contributed by atoms with Crippen LogP contribution in [-0.4, -0.2) is 104 Å². The molecular formula is C30H41N7O4S. The van der Waals surface area contributed by atoms with Crippen LogP contribution in [0.25, 0.3) is 16.7 Å². The molecule has 11 nitrogen and oxygen atoms in total. The molecule has 1 atom stereocenters. The Morgan fingerprint density at radius 1 is 1.17 bits per heavy atom. The summed E-state index contributed by atoms with van der Waals surface area (Å²) >= 11 is 0. The number of anilines is 2. The molecule has 1 fully saturated rings. The zero-order chi connectivity index (χ0) is 30.3. The molecule has 3 aromatic rings. The summed E-state index contributed by atoms with van der Waals surface area (Å²) in [6.45, 7) is 1.38. The third-order valence-corrected chi connectivity index (χ3v) is 8.37. The van der Waals surface area contributed by atoms with E-state index in [1.165, 1.54) is 6.20 Å². The van der Waals surface area contributed by atoms with Crippen LogP contribution in [0.1, 0.15) is 18.5 Å². The summed E-state index contributed by atoms with van der Waals surface area (Å²) in [5.74, 6) is 3.00. The quantitative estimate of drug-likeness (QED) is 0.232. The highest BCUT2D eigenvalue weighted by Crippen LogP contribution is 2.35. The van der Waals surface area contributed by atoms with Gasteiger partial charge in [0, 0.05) is 67.6 Å². The first-order chi connectivity index (χ1) is 20.1. The molecule has 2 aromatic heterocycles. The summed E-state index contributed by atoms with van der Waals surface area (Å²) in [4.78, 5) is 35.0. The van der Waals surface area contributed by atoms with E-state index in [9.17, 15) is 4.79 Å². The molecule has 0 radical (unpaired) electrons. The average Bonchev–Trinajstić information content (AvgIpc) is 3.33. The lowest BCUT2D eigenvalue weighted by Gasteiger charge is -2.32. The monoisotopic (exact) mass is 595 g/mol. The number of likely N-dealkylation sites (tertiary alicyclic amines) is 1. The summed E-state index contributed by atoms with van der Waals surface area (Å²) in [7, 11) is 4.22. The van der Waals surface area contributed by atoms with Crippen molar-refractivity contribution in [2.75, 3.05) is 70.6 Å². The number of allylic oxidation sites excluding steroid dienone is 1. The maximum Gasteiger partial charge on any atom is 0.224 e. The van der Waals surface area contributed by atoms with Crippen LogP contribution in [-0.2, 0) is 9.53 Å². The largest absolute Gasteiger partial charge is 0.497 e. The van der Waals surface area contributed by atoms with Crippen LogP contribution in [0.4, 0.5) is 11.5 Å². The van der Waals surface area contributed by atoms with Crippen LogP contribution in [0.3, 0.4) is 0 Å². The number of carbonyl (C=O) groups is 1. The lowest BCUT2D eigenvalue weighted by molar-refractivity contribution is -0.134. The van der Waals surface area contributed by atoms with E-state index in [1.807, 2.05) is 35.2 Å². The number of hydrogen-bond acceptors (Lipinski definition) is 10. The Hall–Kier alpha value is -3.90. The Bertz CT molecular complexity index is 1440. The molecule has 0 saturated carbocycles. The zero-order valence-electron chi connectivity index (χ0n) is 25.2. The topological polar surface area (TPSA) is 128 Å². The fourth-order valence-electron chi connectivity index (χ4n) is 4.63. The van der Waals surface area contributed by atoms with E-state index in [0.717, 1.165) is 11.4 Å². The van der Waals surface area contributed by atoms with Crippen molar-refractivity contribution in [3.63, 3.8) is 0 Å². The number of rotatable bonds is 13. The molecule has 1 saturated heterocycles. The van der Waals surface area contributed by atoms with Gasteiger partial charge in [0.2, 0.25) is 5.91 Å². The highest BCUT2D eigenvalue weighted by molar-refractivity contribution is 8.32. The van der Waals surface area contributed by atoms with Crippen LogP contribution in [0.5, 0.6) is 11.5 Å². The Balaban J connectivity index is 1.71. The standard InChI is InChI=1S/C30H41N7O4S/c1-32-17-21(16-31)27-18-33-26-8-9-28(35-30(26)34-27)36(23-13-24(39-2)15-25(14-23)40-3)19-22-7-10-29(38)37(22)20-41-11-12-42(4,5)6/h8-9,13-18,22H,7,10-12,19-20,31H2,1-6H3. The summed E-state index contributed by atoms with van der Waals surface area (Å²) in [6, 6.07) is 9.37. The van der Waals surface area contributed by atoms with Gasteiger partial charge in [0.1, 0.15) is 29.6 Å². The van der Waals surface area contributed by atoms with Crippen LogP contribution in [0.15, 0.2) is 47.7 Å². The number of pyridine rings is 1. The van der Waals surface area contributed by atoms with Gasteiger partial charge >= 0.3 is 0 Å². The molecule has 0 aliphatic carbocycles. The molecular weight excluding hydrogens is 554 g/mol. The van der Waals surface area contributed by atoms with Crippen LogP contribution in [0.2, 0.25) is 0 Å². The first kappa shape index (κ1) is 31.0. The van der Waals surface area contributed by atoms with Crippen molar-refractivity contribution < 1.29 is 19.0 Å². The molecule has 1 aliphatic rings. The maximum absolute atomic E-state index is 12.9. The van der Waals surface area contributed by atoms with Gasteiger partial charge in [0.25, 0.3) is 0 Å². The molecule has 3 heterocycles. The summed E-state index contributed by atoms with van der Waals surface area (Å²) in [6.07, 6.45) is 12.7. The molecule has 1 unspecified atom stereocenters. The van der Waals surface area contributed by atoms with Crippen molar-refractivity contribution in [2.24, 2.45) is 10.7 Å². The van der Waals surface area contributed by atoms with E-state index in [0.29, 0.717) is 65.7 Å². The van der Waals surface area contributed by atoms with Gasteiger partial charge in [0.15, 0.2) is 5.65 Å². The van der Waals surface area contributed by atoms with Gasteiger partial charge in [-0.2, -0.15) is 0 Å². The average molecular weight is 596 g/mol. The van der Waals surface area contributed by atoms with Gasteiger partial charge in [0.05, 0.1) is 38.8 Å². The molecule has 1 amide bonds. The number of aliphatic imine (C=N–C) groups is 1. The SMILES string of the molecule is CN=CC(=CN)c1cnc2ccc(N(CC3CCC(=O)N3COCCS(C)(C)C)c3cc(OC)cc(OC)c3)nc2n1. The predicted molar refractivity (Wildman–Crippen MR) is 171 cm³/mol. The summed E-state index contributed by atoms with van der Waals surface area (Å²) < 4.78 is 17.1. The number of carbonyl (C=O) groups excluding carboxylic acids is 1. The second-order valence-electron chi connectivity index (χ2n) is 10.8. The molecule has 1 aromatic carbocycles. The number of nitrogens with zero attached hydrogens (tertiary/aromatic N) is 6. The number of ether oxygens (including phenoxy) is 3. The summed E-state index contributed by atoms with van der Waals surface area (Å²) in [5.41, 5.74) is 8.92. The molecule has 4 rings (SSSR count). The minimum Gasteiger partial charge on any atom is -0.497 e. The van der Waals surface area contributed by atoms with Gasteiger partial charge in [-0.15, -0.1) is 0 Å². The lowest BCUT2D eigenvalue weighted by Crippen LogP contribution is -2.42. The smallest absolute Gasteiger partial charge is 0.224 e. The van der Waals surface area contributed by atoms with Gasteiger partial charge in [-0.05, 0) is 37.3 Å². The number of fused-ring (bicyclic) bond motifs is 1. The molecule has 0 bridgehead atoms. The maximum atomic E-state index is 12.9. The number of methoxy groups -OCH3 is 2. The van der Waals surface area contributed by atoms with Gasteiger partial charge in [-0.1, -0.05) is 0 Å². The van der Waals surface area contributed by atoms with Gasteiger partial charge in [-0.25, -0.2) is 20.0 Å². The number of nitrogens with two attached hydrogens (primary N) is 1. The van der Waals surface area contributed by atoms with Crippen molar-refractivity contribution in [3.05, 3.63) is 48.4 Å². The Morgan fingerprint density at radius 2 is 1.90 bits per heavy atom. The number of aromatic nitrogens is 3. The van der Waals surface area contributed by atoms with Crippen molar-refractivity contribution in [3.8, 4) is 11.5 Å². The van der Waals surface area contributed by atoms with E-state index in [2.05, 4.69) is 33.6 Å². The van der Waals surface area contributed by atoms with Crippen LogP contribution in [0, 0.1) is 0 Å². The number of hydrogen-bond donors (Lipinski definition) is 1. The van der Waals surface area contributed by atoms with Gasteiger partial charge < -0.3 is 29.7 Å². The Morgan fingerprint density at radius 3 is 2.55 bits per heavy atom. The van der Waals surface area contributed by atoms with E-state index in [-0.39, 0.29) is 18.7 Å². The highest BCUT2D eigenvalue weighted by atomic mass is 32.3. The molecule has 0 spiro atoms. The van der Waals surface area contributed by atoms with Gasteiger partial charge in [-0.3, -0.25) is 14.8 Å². The highest BCUT2D eigenvalue weighted by Gasteiger charge is 2.33. The molecule has 2 N–H and O–H groups in total. The van der Waals surface area contributed by atoms with Crippen LogP contribution < -0.4 is 20.1 Å². The summed E-state index contributed by atoms with van der Waals surface area (Å²) in [5, 5.41) is 0. The fraction of sp³-hybridized carbons (Fsp3) is 0.433. The first-order valence-electron chi connectivity index (χ1n) is 13.7. The second kappa shape index (κ2) is 13.8. The van der Waals surface area contributed by atoms with E-state index in [1.54, 1.807) is 33.7 Å². The molecule has 12 heteroatoms. The third-order valence-electron chi connectivity index (χ3n) is 6.98. The van der Waals surface area contributed by atoms with Crippen molar-refractivity contribution >= 4 is 50.4 Å². The fourth-order valence-corrected chi connectivity index (χ4v) is 5.25. The minimum absolute atomic E-state index is 0.0841. The van der Waals surface area contributed by atoms with E-state index < -0.39 is 10.0 Å². The third kappa shape index (κ3) is 7.68.